The van der Waals surface area contributed by atoms with Crippen LogP contribution in [0.5, 0.6) is 5.75 Å². The van der Waals surface area contributed by atoms with Gasteiger partial charge in [-0.2, -0.15) is 5.26 Å². The van der Waals surface area contributed by atoms with Gasteiger partial charge in [0.2, 0.25) is 0 Å². The van der Waals surface area contributed by atoms with E-state index in [0.717, 1.165) is 5.56 Å². The van der Waals surface area contributed by atoms with Gasteiger partial charge in [0, 0.05) is 13.6 Å². The average Bonchev–Trinajstić information content (AvgIpc) is 2.56. The maximum Gasteiger partial charge on any atom is 0.342 e. The summed E-state index contributed by atoms with van der Waals surface area (Å²) in [4.78, 5) is 25.6. The highest BCUT2D eigenvalue weighted by molar-refractivity contribution is 5.94. The normalized spacial score (nSPS) is 10.6. The molecule has 0 aliphatic heterocycles. The van der Waals surface area contributed by atoms with Crippen LogP contribution in [0.3, 0.4) is 0 Å². The van der Waals surface area contributed by atoms with Gasteiger partial charge < -0.3 is 14.7 Å². The Kier molecular flexibility index (Phi) is 7.43. The molecule has 0 fully saturated rings. The molecular weight excluding hydrogens is 320 g/mol. The van der Waals surface area contributed by atoms with Crippen molar-refractivity contribution in [3.8, 4) is 11.8 Å². The fourth-order valence-electron chi connectivity index (χ4n) is 2.27. The molecule has 0 radical (unpaired) electrons. The topological polar surface area (TPSA) is 90.6 Å². The van der Waals surface area contributed by atoms with Crippen molar-refractivity contribution in [2.45, 2.75) is 46.0 Å². The number of carbonyl (C=O) groups excluding carboxylic acids is 2. The first-order chi connectivity index (χ1) is 11.7. The first-order valence-corrected chi connectivity index (χ1v) is 8.33. The third-order valence-electron chi connectivity index (χ3n) is 3.98. The summed E-state index contributed by atoms with van der Waals surface area (Å²) >= 11 is 0. The van der Waals surface area contributed by atoms with Crippen molar-refractivity contribution in [3.63, 3.8) is 0 Å². The van der Waals surface area contributed by atoms with Gasteiger partial charge in [-0.25, -0.2) is 4.79 Å². The molecule has 1 aromatic rings. The second-order valence-electron chi connectivity index (χ2n) is 6.62. The predicted molar refractivity (Wildman–Crippen MR) is 94.4 cm³/mol. The molecule has 136 valence electrons. The van der Waals surface area contributed by atoms with E-state index in [9.17, 15) is 14.7 Å². The minimum Gasteiger partial charge on any atom is -0.507 e. The molecule has 25 heavy (non-hydrogen) atoms. The zero-order valence-corrected chi connectivity index (χ0v) is 15.5. The zero-order chi connectivity index (χ0) is 19.1. The summed E-state index contributed by atoms with van der Waals surface area (Å²) in [5, 5.41) is 18.9. The van der Waals surface area contributed by atoms with E-state index in [-0.39, 0.29) is 36.1 Å². The van der Waals surface area contributed by atoms with Gasteiger partial charge in [0.05, 0.1) is 12.5 Å². The highest BCUT2D eigenvalue weighted by Crippen LogP contribution is 2.33. The lowest BCUT2D eigenvalue weighted by atomic mass is 9.92. The number of nitriles is 1. The van der Waals surface area contributed by atoms with Gasteiger partial charge in [-0.05, 0) is 29.0 Å². The number of nitrogens with zero attached hydrogens (tertiary/aromatic N) is 2. The van der Waals surface area contributed by atoms with Crippen LogP contribution in [0.2, 0.25) is 0 Å². The van der Waals surface area contributed by atoms with E-state index in [4.69, 9.17) is 10.00 Å². The highest BCUT2D eigenvalue weighted by atomic mass is 16.5. The number of phenolic OH excluding ortho intramolecular Hbond substituents is 1. The number of ether oxygens (including phenoxy) is 1. The van der Waals surface area contributed by atoms with Gasteiger partial charge in [-0.3, -0.25) is 4.79 Å². The molecule has 0 bridgehead atoms. The maximum atomic E-state index is 12.4. The van der Waals surface area contributed by atoms with E-state index in [1.807, 2.05) is 39.8 Å². The Hall–Kier alpha value is -2.55. The molecule has 0 saturated carbocycles. The molecular formula is C19H26N2O4. The minimum absolute atomic E-state index is 0.0454. The van der Waals surface area contributed by atoms with E-state index in [0.29, 0.717) is 5.56 Å². The lowest BCUT2D eigenvalue weighted by Gasteiger charge is -2.18. The third-order valence-corrected chi connectivity index (χ3v) is 3.98. The fourth-order valence-corrected chi connectivity index (χ4v) is 2.27. The van der Waals surface area contributed by atoms with Gasteiger partial charge in [-0.1, -0.05) is 33.8 Å². The van der Waals surface area contributed by atoms with Gasteiger partial charge in [0.1, 0.15) is 11.3 Å². The molecule has 0 aromatic heterocycles. The number of hydrogen-bond donors (Lipinski definition) is 1. The zero-order valence-electron chi connectivity index (χ0n) is 15.5. The quantitative estimate of drug-likeness (QED) is 0.766. The summed E-state index contributed by atoms with van der Waals surface area (Å²) < 4.78 is 5.07. The minimum atomic E-state index is -0.732. The maximum absolute atomic E-state index is 12.4. The van der Waals surface area contributed by atoms with Gasteiger partial charge >= 0.3 is 5.97 Å². The summed E-state index contributed by atoms with van der Waals surface area (Å²) in [7, 11) is 1.54. The van der Waals surface area contributed by atoms with Crippen LogP contribution in [0.1, 0.15) is 67.4 Å². The van der Waals surface area contributed by atoms with Crippen LogP contribution in [0, 0.1) is 11.3 Å². The lowest BCUT2D eigenvalue weighted by Crippen LogP contribution is -2.32. The van der Waals surface area contributed by atoms with Crippen molar-refractivity contribution in [2.24, 2.45) is 0 Å². The smallest absolute Gasteiger partial charge is 0.342 e. The SMILES string of the molecule is CC(C)c1cc(C(=O)OCC(=O)N(C)CCC#N)c(O)c(C(C)C)c1. The number of carbonyl (C=O) groups is 2. The molecule has 0 aliphatic rings. The van der Waals surface area contributed by atoms with Crippen LogP contribution in [-0.4, -0.2) is 42.1 Å². The van der Waals surface area contributed by atoms with E-state index < -0.39 is 18.5 Å². The molecule has 0 aliphatic carbocycles. The van der Waals surface area contributed by atoms with Crippen molar-refractivity contribution in [1.82, 2.24) is 4.90 Å². The van der Waals surface area contributed by atoms with Crippen molar-refractivity contribution >= 4 is 11.9 Å². The first kappa shape index (κ1) is 20.5. The molecule has 1 N–H and O–H groups in total. The Labute approximate surface area is 149 Å². The molecule has 0 heterocycles. The molecule has 1 rings (SSSR count). The van der Waals surface area contributed by atoms with Crippen LogP contribution >= 0.6 is 0 Å². The number of phenols is 1. The fraction of sp³-hybridized carbons (Fsp3) is 0.526. The van der Waals surface area contributed by atoms with E-state index >= 15 is 0 Å². The molecule has 0 saturated heterocycles. The van der Waals surface area contributed by atoms with Crippen molar-refractivity contribution in [1.29, 1.82) is 5.26 Å². The Balaban J connectivity index is 2.94. The number of likely N-dealkylation sites (N-methyl/N-ethyl adjacent to an activating group) is 1. The number of hydrogen-bond acceptors (Lipinski definition) is 5. The number of aromatic hydroxyl groups is 1. The largest absolute Gasteiger partial charge is 0.507 e. The summed E-state index contributed by atoms with van der Waals surface area (Å²) in [6.07, 6.45) is 0.213. The Morgan fingerprint density at radius 3 is 2.40 bits per heavy atom. The number of esters is 1. The van der Waals surface area contributed by atoms with E-state index in [1.165, 1.54) is 4.90 Å². The Morgan fingerprint density at radius 1 is 1.24 bits per heavy atom. The molecule has 0 unspecified atom stereocenters. The summed E-state index contributed by atoms with van der Waals surface area (Å²) in [5.41, 5.74) is 1.67. The standard InChI is InChI=1S/C19H26N2O4/c1-12(2)14-9-15(13(3)4)18(23)16(10-14)19(24)25-11-17(22)21(5)8-6-7-20/h9-10,12-13,23H,6,8,11H2,1-5H3. The van der Waals surface area contributed by atoms with Crippen molar-refractivity contribution in [2.75, 3.05) is 20.2 Å². The number of benzene rings is 1. The molecule has 6 nitrogen and oxygen atoms in total. The van der Waals surface area contributed by atoms with Crippen LogP contribution in [-0.2, 0) is 9.53 Å². The molecule has 1 aromatic carbocycles. The van der Waals surface area contributed by atoms with E-state index in [1.54, 1.807) is 13.1 Å². The molecule has 0 atom stereocenters. The Bertz CT molecular complexity index is 675. The second kappa shape index (κ2) is 9.07. The first-order valence-electron chi connectivity index (χ1n) is 8.33. The molecule has 1 amide bonds. The van der Waals surface area contributed by atoms with Crippen molar-refractivity contribution < 1.29 is 19.4 Å². The average molecular weight is 346 g/mol. The number of rotatable bonds is 7. The van der Waals surface area contributed by atoms with Gasteiger partial charge in [0.15, 0.2) is 6.61 Å². The highest BCUT2D eigenvalue weighted by Gasteiger charge is 2.21. The monoisotopic (exact) mass is 346 g/mol. The molecule has 6 heteroatoms. The van der Waals surface area contributed by atoms with Gasteiger partial charge in [-0.15, -0.1) is 0 Å². The Morgan fingerprint density at radius 2 is 1.88 bits per heavy atom. The lowest BCUT2D eigenvalue weighted by molar-refractivity contribution is -0.133. The van der Waals surface area contributed by atoms with Crippen LogP contribution in [0.15, 0.2) is 12.1 Å². The van der Waals surface area contributed by atoms with Crippen LogP contribution in [0.4, 0.5) is 0 Å². The van der Waals surface area contributed by atoms with Crippen LogP contribution < -0.4 is 0 Å². The van der Waals surface area contributed by atoms with Crippen molar-refractivity contribution in [3.05, 3.63) is 28.8 Å². The van der Waals surface area contributed by atoms with Gasteiger partial charge in [0.25, 0.3) is 5.91 Å². The second-order valence-corrected chi connectivity index (χ2v) is 6.62. The third kappa shape index (κ3) is 5.49. The molecule has 0 spiro atoms. The predicted octanol–water partition coefficient (Wildman–Crippen LogP) is 3.17. The summed E-state index contributed by atoms with van der Waals surface area (Å²) in [6, 6.07) is 5.45. The number of amides is 1. The summed E-state index contributed by atoms with van der Waals surface area (Å²) in [6.45, 7) is 7.71. The summed E-state index contributed by atoms with van der Waals surface area (Å²) in [5.74, 6) is -1.00. The van der Waals surface area contributed by atoms with E-state index in [2.05, 4.69) is 0 Å². The van der Waals surface area contributed by atoms with Crippen LogP contribution in [0.25, 0.3) is 0 Å².